The Balaban J connectivity index is 2.65. The molecular weight excluding hydrogens is 256 g/mol. The van der Waals surface area contributed by atoms with Crippen LogP contribution in [0.5, 0.6) is 0 Å². The van der Waals surface area contributed by atoms with E-state index < -0.39 is 11.9 Å². The van der Waals surface area contributed by atoms with Gasteiger partial charge in [0.2, 0.25) is 0 Å². The average molecular weight is 270 g/mol. The Labute approximate surface area is 116 Å². The summed E-state index contributed by atoms with van der Waals surface area (Å²) < 4.78 is 0. The van der Waals surface area contributed by atoms with E-state index in [1.165, 1.54) is 12.1 Å². The smallest absolute Gasteiger partial charge is 0.336 e. The van der Waals surface area contributed by atoms with E-state index >= 15 is 0 Å². The van der Waals surface area contributed by atoms with Crippen LogP contribution < -0.4 is 0 Å². The normalized spacial score (nSPS) is 10.3. The zero-order valence-corrected chi connectivity index (χ0v) is 11.2. The van der Waals surface area contributed by atoms with Crippen LogP contribution in [-0.4, -0.2) is 22.2 Å². The Kier molecular flexibility index (Phi) is 3.57. The zero-order valence-electron chi connectivity index (χ0n) is 11.2. The summed E-state index contributed by atoms with van der Waals surface area (Å²) in [5.74, 6) is -2.48. The summed E-state index contributed by atoms with van der Waals surface area (Å²) in [5, 5.41) is 18.2. The highest BCUT2D eigenvalue weighted by Crippen LogP contribution is 2.27. The van der Waals surface area contributed by atoms with E-state index in [1.54, 1.807) is 6.07 Å². The molecule has 0 aliphatic carbocycles. The topological polar surface area (TPSA) is 74.6 Å². The summed E-state index contributed by atoms with van der Waals surface area (Å²) in [4.78, 5) is 22.2. The van der Waals surface area contributed by atoms with E-state index in [-0.39, 0.29) is 11.1 Å². The quantitative estimate of drug-likeness (QED) is 0.896. The number of hydrogen-bond donors (Lipinski definition) is 2. The van der Waals surface area contributed by atoms with E-state index in [1.807, 2.05) is 32.0 Å². The number of carboxylic acids is 2. The fraction of sp³-hybridized carbons (Fsp3) is 0.125. The van der Waals surface area contributed by atoms with Gasteiger partial charge in [0, 0.05) is 0 Å². The van der Waals surface area contributed by atoms with Crippen molar-refractivity contribution in [1.82, 2.24) is 0 Å². The first-order valence-corrected chi connectivity index (χ1v) is 6.09. The van der Waals surface area contributed by atoms with Crippen LogP contribution in [0.15, 0.2) is 36.4 Å². The molecule has 0 amide bonds. The highest BCUT2D eigenvalue weighted by molar-refractivity contribution is 6.02. The summed E-state index contributed by atoms with van der Waals surface area (Å²) in [6.45, 7) is 3.93. The molecule has 0 saturated carbocycles. The molecule has 0 aliphatic rings. The lowest BCUT2D eigenvalue weighted by Crippen LogP contribution is -2.08. The first-order valence-electron chi connectivity index (χ1n) is 6.09. The molecule has 2 aromatic carbocycles. The third-order valence-corrected chi connectivity index (χ3v) is 3.40. The van der Waals surface area contributed by atoms with Crippen molar-refractivity contribution in [2.45, 2.75) is 13.8 Å². The second kappa shape index (κ2) is 5.17. The molecule has 20 heavy (non-hydrogen) atoms. The number of carbonyl (C=O) groups is 2. The number of carboxylic acid groups (broad SMARTS) is 2. The summed E-state index contributed by atoms with van der Waals surface area (Å²) in [5.41, 5.74) is 3.36. The number of benzene rings is 2. The molecule has 0 fully saturated rings. The van der Waals surface area contributed by atoms with Crippen molar-refractivity contribution < 1.29 is 19.8 Å². The van der Waals surface area contributed by atoms with Crippen LogP contribution in [0.1, 0.15) is 31.8 Å². The van der Waals surface area contributed by atoms with Crippen LogP contribution in [0.3, 0.4) is 0 Å². The predicted molar refractivity (Wildman–Crippen MR) is 75.3 cm³/mol. The van der Waals surface area contributed by atoms with Crippen LogP contribution in [0.25, 0.3) is 11.1 Å². The number of aromatic carboxylic acids is 2. The molecular formula is C16H14O4. The van der Waals surface area contributed by atoms with Crippen molar-refractivity contribution in [2.75, 3.05) is 0 Å². The molecule has 4 heteroatoms. The average Bonchev–Trinajstić information content (AvgIpc) is 2.41. The lowest BCUT2D eigenvalue weighted by molar-refractivity contribution is 0.0651. The largest absolute Gasteiger partial charge is 0.478 e. The molecule has 2 rings (SSSR count). The second-order valence-electron chi connectivity index (χ2n) is 4.62. The molecule has 0 unspecified atom stereocenters. The first kappa shape index (κ1) is 13.8. The standard InChI is InChI=1S/C16H14O4/c1-9-4-3-5-12(10(9)2)11-6-7-13(15(17)18)14(8-11)16(19)20/h3-8H,1-2H3,(H,17,18)(H,19,20). The van der Waals surface area contributed by atoms with Crippen molar-refractivity contribution in [2.24, 2.45) is 0 Å². The summed E-state index contributed by atoms with van der Waals surface area (Å²) in [7, 11) is 0. The molecule has 102 valence electrons. The van der Waals surface area contributed by atoms with E-state index in [0.717, 1.165) is 16.7 Å². The van der Waals surface area contributed by atoms with E-state index in [0.29, 0.717) is 5.56 Å². The van der Waals surface area contributed by atoms with Crippen molar-refractivity contribution >= 4 is 11.9 Å². The van der Waals surface area contributed by atoms with Gasteiger partial charge in [-0.25, -0.2) is 9.59 Å². The minimum Gasteiger partial charge on any atom is -0.478 e. The molecule has 0 aliphatic heterocycles. The third-order valence-electron chi connectivity index (χ3n) is 3.40. The molecule has 0 heterocycles. The fourth-order valence-electron chi connectivity index (χ4n) is 2.14. The van der Waals surface area contributed by atoms with Crippen LogP contribution in [0.2, 0.25) is 0 Å². The molecule has 0 bridgehead atoms. The highest BCUT2D eigenvalue weighted by atomic mass is 16.4. The van der Waals surface area contributed by atoms with Gasteiger partial charge >= 0.3 is 11.9 Å². The molecule has 0 spiro atoms. The monoisotopic (exact) mass is 270 g/mol. The fourth-order valence-corrected chi connectivity index (χ4v) is 2.14. The third kappa shape index (κ3) is 2.40. The van der Waals surface area contributed by atoms with E-state index in [2.05, 4.69) is 0 Å². The summed E-state index contributed by atoms with van der Waals surface area (Å²) in [6, 6.07) is 10.1. The molecule has 0 saturated heterocycles. The molecule has 2 aromatic rings. The van der Waals surface area contributed by atoms with Gasteiger partial charge in [-0.15, -0.1) is 0 Å². The van der Waals surface area contributed by atoms with Crippen molar-refractivity contribution in [3.8, 4) is 11.1 Å². The lowest BCUT2D eigenvalue weighted by atomic mass is 9.94. The van der Waals surface area contributed by atoms with Gasteiger partial charge in [-0.2, -0.15) is 0 Å². The van der Waals surface area contributed by atoms with Gasteiger partial charge in [-0.1, -0.05) is 24.3 Å². The zero-order chi connectivity index (χ0) is 14.9. The SMILES string of the molecule is Cc1cccc(-c2ccc(C(=O)O)c(C(=O)O)c2)c1C. The Hall–Kier alpha value is -2.62. The van der Waals surface area contributed by atoms with Crippen LogP contribution in [0.4, 0.5) is 0 Å². The molecule has 0 atom stereocenters. The maximum Gasteiger partial charge on any atom is 0.336 e. The minimum absolute atomic E-state index is 0.198. The Morgan fingerprint density at radius 1 is 0.900 bits per heavy atom. The molecule has 0 radical (unpaired) electrons. The van der Waals surface area contributed by atoms with Gasteiger partial charge in [0.05, 0.1) is 11.1 Å². The highest BCUT2D eigenvalue weighted by Gasteiger charge is 2.17. The van der Waals surface area contributed by atoms with Crippen molar-refractivity contribution in [1.29, 1.82) is 0 Å². The Bertz CT molecular complexity index is 702. The maximum atomic E-state index is 11.2. The minimum atomic E-state index is -1.24. The van der Waals surface area contributed by atoms with Crippen LogP contribution in [0, 0.1) is 13.8 Å². The number of hydrogen-bond acceptors (Lipinski definition) is 2. The summed E-state index contributed by atoms with van der Waals surface area (Å²) in [6.07, 6.45) is 0. The van der Waals surface area contributed by atoms with Gasteiger partial charge in [0.15, 0.2) is 0 Å². The van der Waals surface area contributed by atoms with E-state index in [9.17, 15) is 9.59 Å². The van der Waals surface area contributed by atoms with Gasteiger partial charge in [0.25, 0.3) is 0 Å². The molecule has 0 aromatic heterocycles. The lowest BCUT2D eigenvalue weighted by Gasteiger charge is -2.10. The van der Waals surface area contributed by atoms with Crippen molar-refractivity contribution in [3.63, 3.8) is 0 Å². The van der Waals surface area contributed by atoms with Gasteiger partial charge in [0.1, 0.15) is 0 Å². The molecule has 2 N–H and O–H groups in total. The molecule has 4 nitrogen and oxygen atoms in total. The summed E-state index contributed by atoms with van der Waals surface area (Å²) >= 11 is 0. The maximum absolute atomic E-state index is 11.2. The Morgan fingerprint density at radius 3 is 2.15 bits per heavy atom. The van der Waals surface area contributed by atoms with Gasteiger partial charge in [-0.3, -0.25) is 0 Å². The van der Waals surface area contributed by atoms with Crippen molar-refractivity contribution in [3.05, 3.63) is 58.7 Å². The first-order chi connectivity index (χ1) is 9.41. The van der Waals surface area contributed by atoms with Gasteiger partial charge < -0.3 is 10.2 Å². The predicted octanol–water partition coefficient (Wildman–Crippen LogP) is 3.37. The van der Waals surface area contributed by atoms with Gasteiger partial charge in [-0.05, 0) is 48.2 Å². The van der Waals surface area contributed by atoms with Crippen LogP contribution >= 0.6 is 0 Å². The number of rotatable bonds is 3. The van der Waals surface area contributed by atoms with Crippen LogP contribution in [-0.2, 0) is 0 Å². The number of aryl methyl sites for hydroxylation is 1. The second-order valence-corrected chi connectivity index (χ2v) is 4.62. The van der Waals surface area contributed by atoms with E-state index in [4.69, 9.17) is 10.2 Å². The Morgan fingerprint density at radius 2 is 1.55 bits per heavy atom.